The molecule has 1 N–H and O–H groups in total. The summed E-state index contributed by atoms with van der Waals surface area (Å²) in [5.41, 5.74) is 0. The van der Waals surface area contributed by atoms with E-state index in [0.717, 1.165) is 0 Å². The van der Waals surface area contributed by atoms with Gasteiger partial charge in [0, 0.05) is 12.7 Å². The Bertz CT molecular complexity index is 693. The van der Waals surface area contributed by atoms with Gasteiger partial charge >= 0.3 is 0 Å². The second-order valence-corrected chi connectivity index (χ2v) is 6.48. The van der Waals surface area contributed by atoms with E-state index >= 15 is 0 Å². The number of hydrogen-bond donors (Lipinski definition) is 1. The Hall–Kier alpha value is -1.63. The number of hydrogen-bond acceptors (Lipinski definition) is 4. The zero-order valence-electron chi connectivity index (χ0n) is 12.1. The third kappa shape index (κ3) is 4.02. The molecule has 1 aliphatic rings. The number of thiophene rings is 1. The van der Waals surface area contributed by atoms with E-state index in [1.165, 1.54) is 23.5 Å². The summed E-state index contributed by atoms with van der Waals surface area (Å²) in [6.07, 6.45) is 0.238. The number of nitrogens with one attached hydrogen (secondary N) is 1. The average molecular weight is 356 g/mol. The lowest BCUT2D eigenvalue weighted by molar-refractivity contribution is -0.0135. The highest BCUT2D eigenvalue weighted by molar-refractivity contribution is 7.12. The van der Waals surface area contributed by atoms with Crippen LogP contribution < -0.4 is 10.1 Å². The summed E-state index contributed by atoms with van der Waals surface area (Å²) in [4.78, 5) is 12.8. The number of amides is 1. The fourth-order valence-corrected chi connectivity index (χ4v) is 3.44. The molecule has 1 aromatic heterocycles. The molecule has 0 radical (unpaired) electrons. The van der Waals surface area contributed by atoms with Gasteiger partial charge in [0.05, 0.1) is 17.7 Å². The van der Waals surface area contributed by atoms with Crippen LogP contribution in [-0.4, -0.2) is 31.3 Å². The Morgan fingerprint density at radius 1 is 1.43 bits per heavy atom. The minimum Gasteiger partial charge on any atom is -0.486 e. The van der Waals surface area contributed by atoms with Crippen molar-refractivity contribution in [2.24, 2.45) is 0 Å². The molecule has 1 aliphatic heterocycles. The van der Waals surface area contributed by atoms with Gasteiger partial charge in [0.1, 0.15) is 22.5 Å². The first-order chi connectivity index (χ1) is 11.1. The third-order valence-corrected chi connectivity index (χ3v) is 4.87. The van der Waals surface area contributed by atoms with Gasteiger partial charge < -0.3 is 14.8 Å². The van der Waals surface area contributed by atoms with Gasteiger partial charge in [-0.25, -0.2) is 4.39 Å². The minimum atomic E-state index is -0.381. The van der Waals surface area contributed by atoms with Crippen LogP contribution in [0.15, 0.2) is 35.7 Å². The van der Waals surface area contributed by atoms with Gasteiger partial charge in [0.15, 0.2) is 0 Å². The third-order valence-electron chi connectivity index (χ3n) is 3.53. The zero-order valence-corrected chi connectivity index (χ0v) is 13.7. The van der Waals surface area contributed by atoms with Crippen LogP contribution in [0.25, 0.3) is 0 Å². The lowest BCUT2D eigenvalue weighted by Gasteiger charge is -2.32. The maximum absolute atomic E-state index is 13.3. The standard InChI is InChI=1S/C16H15ClFNO3S/c17-12-5-7-23-15(12)16(20)19-13-4-6-21-9-14(13)22-11-3-1-2-10(18)8-11/h1-3,5,7-8,13-14H,4,6,9H2,(H,19,20)/t13-,14-/m1/s1. The van der Waals surface area contributed by atoms with Gasteiger partial charge in [-0.1, -0.05) is 17.7 Å². The van der Waals surface area contributed by atoms with Crippen molar-refractivity contribution in [2.75, 3.05) is 13.2 Å². The Balaban J connectivity index is 1.69. The summed E-state index contributed by atoms with van der Waals surface area (Å²) >= 11 is 7.28. The second-order valence-electron chi connectivity index (χ2n) is 5.15. The highest BCUT2D eigenvalue weighted by atomic mass is 35.5. The SMILES string of the molecule is O=C(N[C@@H]1CCOC[C@H]1Oc1cccc(F)c1)c1sccc1Cl. The topological polar surface area (TPSA) is 47.6 Å². The van der Waals surface area contributed by atoms with E-state index in [9.17, 15) is 9.18 Å². The smallest absolute Gasteiger partial charge is 0.263 e. The van der Waals surface area contributed by atoms with Crippen LogP contribution in [0.1, 0.15) is 16.1 Å². The first kappa shape index (κ1) is 16.2. The van der Waals surface area contributed by atoms with Crippen LogP contribution in [-0.2, 0) is 4.74 Å². The second kappa shape index (κ2) is 7.29. The zero-order chi connectivity index (χ0) is 16.2. The largest absolute Gasteiger partial charge is 0.486 e. The van der Waals surface area contributed by atoms with Gasteiger partial charge in [-0.3, -0.25) is 4.79 Å². The van der Waals surface area contributed by atoms with Crippen LogP contribution in [0.2, 0.25) is 5.02 Å². The van der Waals surface area contributed by atoms with Crippen LogP contribution in [0, 0.1) is 5.82 Å². The van der Waals surface area contributed by atoms with Crippen molar-refractivity contribution in [1.82, 2.24) is 5.32 Å². The van der Waals surface area contributed by atoms with E-state index in [2.05, 4.69) is 5.32 Å². The molecule has 0 bridgehead atoms. The first-order valence-electron chi connectivity index (χ1n) is 7.17. The van der Waals surface area contributed by atoms with E-state index in [0.29, 0.717) is 35.3 Å². The van der Waals surface area contributed by atoms with Crippen molar-refractivity contribution < 1.29 is 18.7 Å². The Morgan fingerprint density at radius 2 is 2.30 bits per heavy atom. The number of carbonyl (C=O) groups is 1. The number of rotatable bonds is 4. The van der Waals surface area contributed by atoms with Crippen LogP contribution in [0.5, 0.6) is 5.75 Å². The highest BCUT2D eigenvalue weighted by Gasteiger charge is 2.30. The molecule has 0 saturated carbocycles. The number of benzene rings is 1. The van der Waals surface area contributed by atoms with E-state index in [-0.39, 0.29) is 23.9 Å². The van der Waals surface area contributed by atoms with Crippen LogP contribution >= 0.6 is 22.9 Å². The van der Waals surface area contributed by atoms with Gasteiger partial charge in [0.25, 0.3) is 5.91 Å². The molecule has 1 aromatic carbocycles. The monoisotopic (exact) mass is 355 g/mol. The summed E-state index contributed by atoms with van der Waals surface area (Å²) in [7, 11) is 0. The van der Waals surface area contributed by atoms with Gasteiger partial charge in [-0.2, -0.15) is 0 Å². The van der Waals surface area contributed by atoms with Crippen LogP contribution in [0.3, 0.4) is 0 Å². The summed E-state index contributed by atoms with van der Waals surface area (Å²) in [5, 5.41) is 5.13. The van der Waals surface area contributed by atoms with Gasteiger partial charge in [0.2, 0.25) is 0 Å². The molecule has 23 heavy (non-hydrogen) atoms. The summed E-state index contributed by atoms with van der Waals surface area (Å²) in [6, 6.07) is 7.37. The molecular weight excluding hydrogens is 341 g/mol. The molecule has 2 heterocycles. The predicted octanol–water partition coefficient (Wildman–Crippen LogP) is 3.51. The molecule has 4 nitrogen and oxygen atoms in total. The Kier molecular flexibility index (Phi) is 5.15. The molecule has 0 unspecified atom stereocenters. The molecule has 2 aromatic rings. The lowest BCUT2D eigenvalue weighted by Crippen LogP contribution is -2.51. The van der Waals surface area contributed by atoms with E-state index < -0.39 is 0 Å². The van der Waals surface area contributed by atoms with Crippen molar-refractivity contribution in [1.29, 1.82) is 0 Å². The van der Waals surface area contributed by atoms with Crippen molar-refractivity contribution in [3.8, 4) is 5.75 Å². The molecule has 2 atom stereocenters. The van der Waals surface area contributed by atoms with Crippen molar-refractivity contribution >= 4 is 28.8 Å². The summed E-state index contributed by atoms with van der Waals surface area (Å²) in [5.74, 6) is -0.191. The van der Waals surface area contributed by atoms with Crippen molar-refractivity contribution in [2.45, 2.75) is 18.6 Å². The Morgan fingerprint density at radius 3 is 3.04 bits per heavy atom. The number of ether oxygens (including phenoxy) is 2. The maximum Gasteiger partial charge on any atom is 0.263 e. The number of halogens is 2. The molecule has 0 aliphatic carbocycles. The van der Waals surface area contributed by atoms with Crippen LogP contribution in [0.4, 0.5) is 4.39 Å². The number of carbonyl (C=O) groups excluding carboxylic acids is 1. The fraction of sp³-hybridized carbons (Fsp3) is 0.312. The van der Waals surface area contributed by atoms with E-state index in [1.54, 1.807) is 23.6 Å². The molecular formula is C16H15ClFNO3S. The minimum absolute atomic E-state index is 0.224. The summed E-state index contributed by atoms with van der Waals surface area (Å²) < 4.78 is 24.5. The Labute approximate surface area is 142 Å². The van der Waals surface area contributed by atoms with Gasteiger partial charge in [-0.15, -0.1) is 11.3 Å². The van der Waals surface area contributed by atoms with Crippen molar-refractivity contribution in [3.63, 3.8) is 0 Å². The normalized spacial score (nSPS) is 21.0. The quantitative estimate of drug-likeness (QED) is 0.913. The molecule has 122 valence electrons. The lowest BCUT2D eigenvalue weighted by atomic mass is 10.1. The molecule has 1 fully saturated rings. The molecule has 1 amide bonds. The average Bonchev–Trinajstić information content (AvgIpc) is 2.95. The highest BCUT2D eigenvalue weighted by Crippen LogP contribution is 2.23. The van der Waals surface area contributed by atoms with Gasteiger partial charge in [-0.05, 0) is 30.0 Å². The fourth-order valence-electron chi connectivity index (χ4n) is 2.40. The van der Waals surface area contributed by atoms with Crippen molar-refractivity contribution in [3.05, 3.63) is 51.4 Å². The van der Waals surface area contributed by atoms with E-state index in [1.807, 2.05) is 0 Å². The first-order valence-corrected chi connectivity index (χ1v) is 8.43. The molecule has 3 rings (SSSR count). The maximum atomic E-state index is 13.3. The summed E-state index contributed by atoms with van der Waals surface area (Å²) in [6.45, 7) is 0.867. The predicted molar refractivity (Wildman–Crippen MR) is 86.8 cm³/mol. The molecule has 7 heteroatoms. The molecule has 1 saturated heterocycles. The molecule has 0 spiro atoms. The van der Waals surface area contributed by atoms with E-state index in [4.69, 9.17) is 21.1 Å².